The average molecular weight is 380 g/mol. The van der Waals surface area contributed by atoms with Gasteiger partial charge in [0.25, 0.3) is 0 Å². The Morgan fingerprint density at radius 2 is 1.93 bits per heavy atom. The maximum Gasteiger partial charge on any atom is 0.338 e. The van der Waals surface area contributed by atoms with E-state index in [2.05, 4.69) is 61.6 Å². The second-order valence-electron chi connectivity index (χ2n) is 8.26. The Labute approximate surface area is 166 Å². The molecule has 2 aromatic rings. The van der Waals surface area contributed by atoms with Crippen molar-refractivity contribution in [2.45, 2.75) is 51.9 Å². The number of nitrogens with one attached hydrogen (secondary N) is 1. The van der Waals surface area contributed by atoms with Gasteiger partial charge in [-0.3, -0.25) is 0 Å². The van der Waals surface area contributed by atoms with Gasteiger partial charge in [-0.05, 0) is 41.0 Å². The Hall–Kier alpha value is -2.33. The summed E-state index contributed by atoms with van der Waals surface area (Å²) in [6.45, 7) is 5.04. The summed E-state index contributed by atoms with van der Waals surface area (Å²) in [6.07, 6.45) is 2.92. The van der Waals surface area contributed by atoms with E-state index >= 15 is 0 Å². The first-order valence-electron chi connectivity index (χ1n) is 10.3. The van der Waals surface area contributed by atoms with Gasteiger partial charge in [0.2, 0.25) is 0 Å². The molecule has 0 spiro atoms. The lowest BCUT2D eigenvalue weighted by Crippen LogP contribution is -2.40. The zero-order chi connectivity index (χ0) is 19.7. The Morgan fingerprint density at radius 3 is 2.64 bits per heavy atom. The van der Waals surface area contributed by atoms with Crippen molar-refractivity contribution < 1.29 is 14.3 Å². The van der Waals surface area contributed by atoms with Crippen LogP contribution in [0.5, 0.6) is 0 Å². The lowest BCUT2D eigenvalue weighted by Gasteiger charge is -2.35. The summed E-state index contributed by atoms with van der Waals surface area (Å²) < 4.78 is 11.5. The lowest BCUT2D eigenvalue weighted by atomic mass is 9.91. The quantitative estimate of drug-likeness (QED) is 0.747. The fourth-order valence-electron chi connectivity index (χ4n) is 4.09. The van der Waals surface area contributed by atoms with Gasteiger partial charge in [-0.15, -0.1) is 0 Å². The molecule has 0 aromatic heterocycles. The van der Waals surface area contributed by atoms with Crippen LogP contribution in [0.15, 0.2) is 53.7 Å². The second kappa shape index (κ2) is 7.96. The maximum absolute atomic E-state index is 12.6. The van der Waals surface area contributed by atoms with Crippen molar-refractivity contribution in [3.8, 4) is 0 Å². The molecule has 0 saturated heterocycles. The highest BCUT2D eigenvalue weighted by atomic mass is 16.5. The van der Waals surface area contributed by atoms with Crippen LogP contribution in [-0.4, -0.2) is 25.3 Å². The summed E-state index contributed by atoms with van der Waals surface area (Å²) in [4.78, 5) is 12.6. The molecular formula is C24H29NO3. The first-order chi connectivity index (χ1) is 13.6. The molecule has 148 valence electrons. The largest absolute Gasteiger partial charge is 0.466 e. The number of ether oxygens (including phenoxy) is 2. The van der Waals surface area contributed by atoms with Gasteiger partial charge in [0.1, 0.15) is 0 Å². The number of carbonyl (C=O) groups is 1. The molecule has 1 heterocycles. The third kappa shape index (κ3) is 3.79. The van der Waals surface area contributed by atoms with Crippen LogP contribution < -0.4 is 5.32 Å². The van der Waals surface area contributed by atoms with Crippen molar-refractivity contribution >= 4 is 16.7 Å². The molecular weight excluding hydrogens is 350 g/mol. The number of hydrogen-bond acceptors (Lipinski definition) is 4. The molecule has 1 saturated carbocycles. The molecule has 2 aromatic carbocycles. The first-order valence-corrected chi connectivity index (χ1v) is 10.3. The Kier molecular flexibility index (Phi) is 5.40. The van der Waals surface area contributed by atoms with Crippen molar-refractivity contribution in [1.82, 2.24) is 5.32 Å². The molecule has 0 amide bonds. The number of rotatable bonds is 6. The molecule has 4 nitrogen and oxygen atoms in total. The molecule has 2 aliphatic rings. The van der Waals surface area contributed by atoms with Crippen molar-refractivity contribution in [3.05, 3.63) is 59.3 Å². The van der Waals surface area contributed by atoms with Crippen LogP contribution in [0.25, 0.3) is 10.8 Å². The molecule has 28 heavy (non-hydrogen) atoms. The van der Waals surface area contributed by atoms with Crippen molar-refractivity contribution in [2.24, 2.45) is 11.8 Å². The van der Waals surface area contributed by atoms with Gasteiger partial charge in [0.15, 0.2) is 0 Å². The molecule has 4 heteroatoms. The zero-order valence-corrected chi connectivity index (χ0v) is 16.9. The van der Waals surface area contributed by atoms with Gasteiger partial charge in [-0.1, -0.05) is 56.3 Å². The number of fused-ring (bicyclic) bond motifs is 1. The smallest absolute Gasteiger partial charge is 0.338 e. The molecule has 1 fully saturated rings. The SMILES string of the molecule is COC(=O)C1=C(NCc2cccc3ccccc23)C[C@@H](C(C)C)O[C@H]1C1CC1. The predicted octanol–water partition coefficient (Wildman–Crippen LogP) is 4.58. The number of esters is 1. The fourth-order valence-corrected chi connectivity index (χ4v) is 4.09. The predicted molar refractivity (Wildman–Crippen MR) is 111 cm³/mol. The minimum atomic E-state index is -0.264. The van der Waals surface area contributed by atoms with E-state index in [-0.39, 0.29) is 18.2 Å². The van der Waals surface area contributed by atoms with Crippen LogP contribution >= 0.6 is 0 Å². The van der Waals surface area contributed by atoms with Gasteiger partial charge in [0.05, 0.1) is 24.9 Å². The van der Waals surface area contributed by atoms with Crippen LogP contribution in [0.2, 0.25) is 0 Å². The van der Waals surface area contributed by atoms with Crippen LogP contribution in [0, 0.1) is 11.8 Å². The molecule has 2 atom stereocenters. The highest BCUT2D eigenvalue weighted by Crippen LogP contribution is 2.43. The van der Waals surface area contributed by atoms with E-state index in [1.807, 2.05) is 0 Å². The molecule has 0 bridgehead atoms. The van der Waals surface area contributed by atoms with E-state index in [1.165, 1.54) is 23.4 Å². The van der Waals surface area contributed by atoms with Crippen LogP contribution in [0.4, 0.5) is 0 Å². The second-order valence-corrected chi connectivity index (χ2v) is 8.26. The average Bonchev–Trinajstić information content (AvgIpc) is 3.56. The summed E-state index contributed by atoms with van der Waals surface area (Å²) in [5, 5.41) is 6.06. The number of hydrogen-bond donors (Lipinski definition) is 1. The third-order valence-corrected chi connectivity index (χ3v) is 5.91. The zero-order valence-electron chi connectivity index (χ0n) is 16.9. The Bertz CT molecular complexity index is 892. The standard InChI is InChI=1S/C24H29NO3/c1-15(2)21-13-20(22(24(26)27-3)23(28-21)17-11-12-17)25-14-18-9-6-8-16-7-4-5-10-19(16)18/h4-10,15,17,21,23,25H,11-14H2,1-3H3/t21-,23-/m0/s1. The minimum absolute atomic E-state index is 0.119. The molecule has 4 rings (SSSR count). The van der Waals surface area contributed by atoms with Crippen LogP contribution in [0.3, 0.4) is 0 Å². The van der Waals surface area contributed by atoms with Crippen LogP contribution in [-0.2, 0) is 20.8 Å². The van der Waals surface area contributed by atoms with E-state index in [9.17, 15) is 4.79 Å². The summed E-state index contributed by atoms with van der Waals surface area (Å²) in [6, 6.07) is 14.8. The Morgan fingerprint density at radius 1 is 1.18 bits per heavy atom. The van der Waals surface area contributed by atoms with Crippen molar-refractivity contribution in [3.63, 3.8) is 0 Å². The first kappa shape index (κ1) is 19.0. The summed E-state index contributed by atoms with van der Waals surface area (Å²) in [7, 11) is 1.45. The van der Waals surface area contributed by atoms with Gasteiger partial charge >= 0.3 is 5.97 Å². The number of methoxy groups -OCH3 is 1. The van der Waals surface area contributed by atoms with Crippen molar-refractivity contribution in [1.29, 1.82) is 0 Å². The number of carbonyl (C=O) groups excluding carboxylic acids is 1. The molecule has 1 aliphatic heterocycles. The van der Waals surface area contributed by atoms with E-state index in [0.717, 1.165) is 25.0 Å². The minimum Gasteiger partial charge on any atom is -0.466 e. The van der Waals surface area contributed by atoms with Gasteiger partial charge < -0.3 is 14.8 Å². The highest BCUT2D eigenvalue weighted by Gasteiger charge is 2.44. The van der Waals surface area contributed by atoms with Gasteiger partial charge in [0, 0.05) is 18.7 Å². The number of benzene rings is 2. The molecule has 1 N–H and O–H groups in total. The van der Waals surface area contributed by atoms with Gasteiger partial charge in [-0.2, -0.15) is 0 Å². The topological polar surface area (TPSA) is 47.6 Å². The van der Waals surface area contributed by atoms with Gasteiger partial charge in [-0.25, -0.2) is 4.79 Å². The molecule has 0 radical (unpaired) electrons. The molecule has 0 unspecified atom stereocenters. The van der Waals surface area contributed by atoms with E-state index in [1.54, 1.807) is 0 Å². The Balaban J connectivity index is 1.65. The molecule has 1 aliphatic carbocycles. The summed E-state index contributed by atoms with van der Waals surface area (Å²) in [5.41, 5.74) is 2.91. The summed E-state index contributed by atoms with van der Waals surface area (Å²) in [5.74, 6) is 0.569. The maximum atomic E-state index is 12.6. The van der Waals surface area contributed by atoms with E-state index in [4.69, 9.17) is 9.47 Å². The monoisotopic (exact) mass is 379 g/mol. The normalized spacial score (nSPS) is 22.6. The van der Waals surface area contributed by atoms with Crippen molar-refractivity contribution in [2.75, 3.05) is 7.11 Å². The lowest BCUT2D eigenvalue weighted by molar-refractivity contribution is -0.140. The van der Waals surface area contributed by atoms with E-state index in [0.29, 0.717) is 24.0 Å². The highest BCUT2D eigenvalue weighted by molar-refractivity contribution is 5.91. The van der Waals surface area contributed by atoms with E-state index < -0.39 is 0 Å². The third-order valence-electron chi connectivity index (χ3n) is 5.91. The summed E-state index contributed by atoms with van der Waals surface area (Å²) >= 11 is 0. The fraction of sp³-hybridized carbons (Fsp3) is 0.458. The van der Waals surface area contributed by atoms with Crippen LogP contribution in [0.1, 0.15) is 38.7 Å².